The summed E-state index contributed by atoms with van der Waals surface area (Å²) in [5.41, 5.74) is 6.67. The topological polar surface area (TPSA) is 3.24 Å². The van der Waals surface area contributed by atoms with Crippen molar-refractivity contribution in [3.8, 4) is 0 Å². The zero-order chi connectivity index (χ0) is 12.9. The molecule has 0 radical (unpaired) electrons. The molecule has 0 spiro atoms. The predicted molar refractivity (Wildman–Crippen MR) is 82.7 cm³/mol. The number of benzene rings is 2. The molecule has 1 aliphatic heterocycles. The summed E-state index contributed by atoms with van der Waals surface area (Å²) in [6, 6.07) is 11.2. The van der Waals surface area contributed by atoms with E-state index in [1.807, 2.05) is 11.8 Å². The molecule has 0 saturated carbocycles. The average Bonchev–Trinajstić information content (AvgIpc) is 2.27. The lowest BCUT2D eigenvalue weighted by Crippen LogP contribution is -2.23. The van der Waals surface area contributed by atoms with Crippen LogP contribution in [0.4, 0.5) is 11.4 Å². The minimum atomic E-state index is 1.31. The van der Waals surface area contributed by atoms with E-state index < -0.39 is 0 Å². The van der Waals surface area contributed by atoms with Gasteiger partial charge in [-0.1, -0.05) is 34.9 Å². The van der Waals surface area contributed by atoms with E-state index in [1.165, 1.54) is 37.8 Å². The van der Waals surface area contributed by atoms with Crippen molar-refractivity contribution >= 4 is 36.4 Å². The van der Waals surface area contributed by atoms with Gasteiger partial charge in [0.05, 0.1) is 5.69 Å². The van der Waals surface area contributed by atoms with Crippen LogP contribution in [0, 0.1) is 13.8 Å². The molecule has 0 unspecified atom stereocenters. The summed E-state index contributed by atoms with van der Waals surface area (Å²) in [7, 11) is 4.36. The summed E-state index contributed by atoms with van der Waals surface area (Å²) in [5, 5.41) is 0. The highest BCUT2D eigenvalue weighted by Crippen LogP contribution is 2.46. The monoisotopic (exact) mass is 253 g/mol. The summed E-state index contributed by atoms with van der Waals surface area (Å²) in [4.78, 5) is 5.04. The summed E-state index contributed by atoms with van der Waals surface area (Å²) in [5.74, 6) is 0. The van der Waals surface area contributed by atoms with Gasteiger partial charge in [0.25, 0.3) is 0 Å². The molecule has 0 N–H and O–H groups in total. The number of anilines is 2. The Bertz CT molecular complexity index is 637. The maximum Gasteiger partial charge on any atom is 0.142 e. The van der Waals surface area contributed by atoms with Crippen LogP contribution in [0.2, 0.25) is 0 Å². The molecule has 1 heterocycles. The third-order valence-electron chi connectivity index (χ3n) is 3.44. The van der Waals surface area contributed by atoms with Gasteiger partial charge < -0.3 is 4.90 Å². The minimum absolute atomic E-state index is 1.31. The largest absolute Gasteiger partial charge is 0.343 e. The van der Waals surface area contributed by atoms with Crippen LogP contribution in [-0.4, -0.2) is 14.9 Å². The van der Waals surface area contributed by atoms with Crippen LogP contribution >= 0.6 is 11.8 Å². The molecule has 90 valence electrons. The third-order valence-corrected chi connectivity index (χ3v) is 4.52. The quantitative estimate of drug-likeness (QED) is 0.664. The van der Waals surface area contributed by atoms with Gasteiger partial charge in [-0.15, -0.1) is 0 Å². The number of nitrogens with zero attached hydrogens (tertiary/aromatic N) is 1. The molecule has 0 amide bonds. The van der Waals surface area contributed by atoms with Crippen LogP contribution in [0.25, 0.3) is 0 Å². The van der Waals surface area contributed by atoms with Crippen LogP contribution in [0.3, 0.4) is 0 Å². The Balaban J connectivity index is 2.21. The van der Waals surface area contributed by atoms with E-state index in [-0.39, 0.29) is 0 Å². The van der Waals surface area contributed by atoms with E-state index >= 15 is 0 Å². The normalized spacial score (nSPS) is 13.2. The molecule has 2 aromatic rings. The van der Waals surface area contributed by atoms with Gasteiger partial charge in [0.2, 0.25) is 0 Å². The van der Waals surface area contributed by atoms with Crippen molar-refractivity contribution in [3.63, 3.8) is 0 Å². The van der Waals surface area contributed by atoms with Gasteiger partial charge in [0, 0.05) is 22.5 Å². The van der Waals surface area contributed by atoms with E-state index in [0.29, 0.717) is 0 Å². The van der Waals surface area contributed by atoms with E-state index in [4.69, 9.17) is 0 Å². The van der Waals surface area contributed by atoms with E-state index in [2.05, 4.69) is 64.0 Å². The standard InChI is InChI=1S/C15H16BNS/c1-9-4-5-12-13(7-9)18-14-8-10(2)6-11(16)15(14)17(12)3/h4-8H,16H2,1-3H3. The van der Waals surface area contributed by atoms with E-state index in [9.17, 15) is 0 Å². The first-order valence-corrected chi connectivity index (χ1v) is 7.01. The molecule has 0 bridgehead atoms. The zero-order valence-electron chi connectivity index (χ0n) is 11.2. The van der Waals surface area contributed by atoms with Crippen molar-refractivity contribution in [1.82, 2.24) is 0 Å². The van der Waals surface area contributed by atoms with Gasteiger partial charge in [-0.25, -0.2) is 0 Å². The van der Waals surface area contributed by atoms with Crippen molar-refractivity contribution in [2.24, 2.45) is 0 Å². The van der Waals surface area contributed by atoms with E-state index in [1.54, 1.807) is 0 Å². The molecule has 2 aromatic carbocycles. The maximum atomic E-state index is 2.31. The van der Waals surface area contributed by atoms with Crippen molar-refractivity contribution in [3.05, 3.63) is 41.5 Å². The first-order valence-electron chi connectivity index (χ1n) is 6.20. The molecule has 0 atom stereocenters. The van der Waals surface area contributed by atoms with Crippen molar-refractivity contribution < 1.29 is 0 Å². The molecule has 1 nitrogen and oxygen atoms in total. The second-order valence-corrected chi connectivity index (χ2v) is 6.14. The Labute approximate surface area is 114 Å². The fourth-order valence-electron chi connectivity index (χ4n) is 2.65. The van der Waals surface area contributed by atoms with E-state index in [0.717, 1.165) is 0 Å². The van der Waals surface area contributed by atoms with Gasteiger partial charge in [0.1, 0.15) is 7.85 Å². The van der Waals surface area contributed by atoms with Gasteiger partial charge >= 0.3 is 0 Å². The maximum absolute atomic E-state index is 2.31. The average molecular weight is 253 g/mol. The van der Waals surface area contributed by atoms with Crippen molar-refractivity contribution in [2.45, 2.75) is 23.6 Å². The van der Waals surface area contributed by atoms with Crippen molar-refractivity contribution in [2.75, 3.05) is 11.9 Å². The van der Waals surface area contributed by atoms with Crippen LogP contribution in [0.1, 0.15) is 11.1 Å². The third kappa shape index (κ3) is 1.74. The number of hydrogen-bond donors (Lipinski definition) is 0. The Morgan fingerprint density at radius 2 is 1.72 bits per heavy atom. The highest BCUT2D eigenvalue weighted by Gasteiger charge is 2.22. The first-order chi connectivity index (χ1) is 8.56. The SMILES string of the molecule is Bc1cc(C)cc2c1N(C)c1ccc(C)cc1S2. The minimum Gasteiger partial charge on any atom is -0.343 e. The Morgan fingerprint density at radius 3 is 2.50 bits per heavy atom. The van der Waals surface area contributed by atoms with Crippen LogP contribution in [-0.2, 0) is 0 Å². The van der Waals surface area contributed by atoms with Gasteiger partial charge in [-0.05, 0) is 37.6 Å². The second kappa shape index (κ2) is 4.09. The van der Waals surface area contributed by atoms with Crippen LogP contribution in [0.5, 0.6) is 0 Å². The predicted octanol–water partition coefficient (Wildman–Crippen LogP) is 2.79. The Kier molecular flexibility index (Phi) is 2.67. The van der Waals surface area contributed by atoms with Crippen LogP contribution < -0.4 is 10.4 Å². The number of fused-ring (bicyclic) bond motifs is 2. The summed E-state index contributed by atoms with van der Waals surface area (Å²) in [6.07, 6.45) is 0. The Hall–Kier alpha value is -1.35. The van der Waals surface area contributed by atoms with Gasteiger partial charge in [-0.2, -0.15) is 0 Å². The molecule has 18 heavy (non-hydrogen) atoms. The molecule has 1 aliphatic rings. The number of aryl methyl sites for hydroxylation is 2. The lowest BCUT2D eigenvalue weighted by molar-refractivity contribution is 1.11. The molecular formula is C15H16BNS. The number of rotatable bonds is 0. The zero-order valence-corrected chi connectivity index (χ0v) is 12.1. The highest BCUT2D eigenvalue weighted by molar-refractivity contribution is 7.99. The molecular weight excluding hydrogens is 237 g/mol. The smallest absolute Gasteiger partial charge is 0.142 e. The Morgan fingerprint density at radius 1 is 1.00 bits per heavy atom. The molecule has 3 rings (SSSR count). The summed E-state index contributed by atoms with van der Waals surface area (Å²) < 4.78 is 0. The second-order valence-electron chi connectivity index (χ2n) is 5.06. The summed E-state index contributed by atoms with van der Waals surface area (Å²) in [6.45, 7) is 4.32. The summed E-state index contributed by atoms with van der Waals surface area (Å²) >= 11 is 1.89. The molecule has 0 saturated heterocycles. The van der Waals surface area contributed by atoms with Gasteiger partial charge in [0.15, 0.2) is 0 Å². The highest BCUT2D eigenvalue weighted by atomic mass is 32.2. The molecule has 0 aliphatic carbocycles. The molecule has 3 heteroatoms. The lowest BCUT2D eigenvalue weighted by atomic mass is 9.91. The molecule has 0 aromatic heterocycles. The molecule has 0 fully saturated rings. The lowest BCUT2D eigenvalue weighted by Gasteiger charge is -2.31. The van der Waals surface area contributed by atoms with Crippen LogP contribution in [0.15, 0.2) is 40.1 Å². The van der Waals surface area contributed by atoms with Gasteiger partial charge in [-0.3, -0.25) is 0 Å². The number of hydrogen-bond acceptors (Lipinski definition) is 2. The van der Waals surface area contributed by atoms with Crippen molar-refractivity contribution in [1.29, 1.82) is 0 Å². The fourth-order valence-corrected chi connectivity index (χ4v) is 4.08. The fraction of sp³-hybridized carbons (Fsp3) is 0.200. The first kappa shape index (κ1) is 11.7.